The Balaban J connectivity index is 1.60. The maximum Gasteiger partial charge on any atom is 0.273 e. The molecule has 0 fully saturated rings. The van der Waals surface area contributed by atoms with Crippen molar-refractivity contribution in [3.8, 4) is 22.8 Å². The van der Waals surface area contributed by atoms with Crippen LogP contribution in [0.15, 0.2) is 73.1 Å². The number of phenols is 1. The van der Waals surface area contributed by atoms with Gasteiger partial charge in [0, 0.05) is 30.1 Å². The molecule has 4 aromatic rings. The van der Waals surface area contributed by atoms with Crippen molar-refractivity contribution in [1.82, 2.24) is 20.1 Å². The summed E-state index contributed by atoms with van der Waals surface area (Å²) in [5.74, 6) is 0.767. The number of aromatic nitrogens is 3. The molecule has 0 saturated carbocycles. The molecule has 2 aromatic carbocycles. The highest BCUT2D eigenvalue weighted by molar-refractivity contribution is 6.00. The van der Waals surface area contributed by atoms with E-state index in [4.69, 9.17) is 4.74 Å². The summed E-state index contributed by atoms with van der Waals surface area (Å²) < 4.78 is 5.74. The molecular formula is C26H24N4O3. The number of H-pyrrole nitrogens is 1. The normalized spacial score (nSPS) is 15.0. The molecule has 0 radical (unpaired) electrons. The van der Waals surface area contributed by atoms with Crippen molar-refractivity contribution in [2.45, 2.75) is 25.9 Å². The molecule has 5 rings (SSSR count). The van der Waals surface area contributed by atoms with Gasteiger partial charge in [-0.15, -0.1) is 0 Å². The Morgan fingerprint density at radius 2 is 1.91 bits per heavy atom. The van der Waals surface area contributed by atoms with Crippen molar-refractivity contribution < 1.29 is 14.6 Å². The number of benzene rings is 2. The number of carbonyl (C=O) groups is 1. The minimum absolute atomic E-state index is 0.118. The van der Waals surface area contributed by atoms with Crippen LogP contribution in [0, 0.1) is 0 Å². The molecule has 1 aliphatic rings. The van der Waals surface area contributed by atoms with Gasteiger partial charge >= 0.3 is 0 Å². The monoisotopic (exact) mass is 440 g/mol. The van der Waals surface area contributed by atoms with Gasteiger partial charge in [-0.3, -0.25) is 14.9 Å². The maximum absolute atomic E-state index is 13.5. The number of nitrogens with zero attached hydrogens (tertiary/aromatic N) is 3. The zero-order valence-corrected chi connectivity index (χ0v) is 18.2. The SMILES string of the molecule is CCCOc1ccc([C@H]2c3c(-c4ccccc4O)n[nH]c3C(=O)N2Cc2cccnc2)cc1. The van der Waals surface area contributed by atoms with Crippen molar-refractivity contribution >= 4 is 5.91 Å². The molecule has 7 heteroatoms. The summed E-state index contributed by atoms with van der Waals surface area (Å²) in [7, 11) is 0. The Hall–Kier alpha value is -4.13. The maximum atomic E-state index is 13.5. The van der Waals surface area contributed by atoms with Crippen molar-refractivity contribution in [2.75, 3.05) is 6.61 Å². The third kappa shape index (κ3) is 3.82. The van der Waals surface area contributed by atoms with Gasteiger partial charge in [0.15, 0.2) is 0 Å². The van der Waals surface area contributed by atoms with Crippen molar-refractivity contribution in [2.24, 2.45) is 0 Å². The van der Waals surface area contributed by atoms with E-state index in [1.165, 1.54) is 0 Å². The van der Waals surface area contributed by atoms with Crippen molar-refractivity contribution in [3.63, 3.8) is 0 Å². The fourth-order valence-electron chi connectivity index (χ4n) is 4.24. The number of hydrogen-bond donors (Lipinski definition) is 2. The summed E-state index contributed by atoms with van der Waals surface area (Å²) >= 11 is 0. The number of rotatable bonds is 7. The lowest BCUT2D eigenvalue weighted by atomic mass is 9.95. The van der Waals surface area contributed by atoms with Gasteiger partial charge in [-0.05, 0) is 47.9 Å². The van der Waals surface area contributed by atoms with Crippen LogP contribution in [0.2, 0.25) is 0 Å². The van der Waals surface area contributed by atoms with Crippen LogP contribution in [0.4, 0.5) is 0 Å². The predicted molar refractivity (Wildman–Crippen MR) is 124 cm³/mol. The molecule has 0 aliphatic carbocycles. The fraction of sp³-hybridized carbons (Fsp3) is 0.192. The number of ether oxygens (including phenoxy) is 1. The number of hydrogen-bond acceptors (Lipinski definition) is 5. The number of carbonyl (C=O) groups excluding carboxylic acids is 1. The largest absolute Gasteiger partial charge is 0.507 e. The van der Waals surface area contributed by atoms with Crippen LogP contribution < -0.4 is 4.74 Å². The summed E-state index contributed by atoms with van der Waals surface area (Å²) in [4.78, 5) is 19.5. The van der Waals surface area contributed by atoms with E-state index < -0.39 is 0 Å². The zero-order chi connectivity index (χ0) is 22.8. The lowest BCUT2D eigenvalue weighted by Gasteiger charge is -2.26. The molecule has 1 atom stereocenters. The van der Waals surface area contributed by atoms with E-state index in [0.717, 1.165) is 28.9 Å². The highest BCUT2D eigenvalue weighted by Crippen LogP contribution is 2.45. The molecule has 1 amide bonds. The number of pyridine rings is 1. The lowest BCUT2D eigenvalue weighted by Crippen LogP contribution is -2.29. The second-order valence-corrected chi connectivity index (χ2v) is 7.99. The lowest BCUT2D eigenvalue weighted by molar-refractivity contribution is 0.0730. The van der Waals surface area contributed by atoms with E-state index in [0.29, 0.717) is 30.1 Å². The van der Waals surface area contributed by atoms with Gasteiger partial charge in [0.05, 0.1) is 12.6 Å². The van der Waals surface area contributed by atoms with Gasteiger partial charge < -0.3 is 14.7 Å². The van der Waals surface area contributed by atoms with Crippen LogP contribution in [-0.4, -0.2) is 37.7 Å². The minimum atomic E-state index is -0.374. The van der Waals surface area contributed by atoms with Gasteiger partial charge in [0.1, 0.15) is 22.9 Å². The first-order valence-corrected chi connectivity index (χ1v) is 11.0. The van der Waals surface area contributed by atoms with E-state index >= 15 is 0 Å². The van der Waals surface area contributed by atoms with Gasteiger partial charge in [-0.25, -0.2) is 0 Å². The quantitative estimate of drug-likeness (QED) is 0.434. The first-order valence-electron chi connectivity index (χ1n) is 11.0. The summed E-state index contributed by atoms with van der Waals surface area (Å²) in [6.07, 6.45) is 4.41. The molecule has 33 heavy (non-hydrogen) atoms. The zero-order valence-electron chi connectivity index (χ0n) is 18.2. The Labute approximate surface area is 191 Å². The minimum Gasteiger partial charge on any atom is -0.507 e. The second-order valence-electron chi connectivity index (χ2n) is 7.99. The molecule has 7 nitrogen and oxygen atoms in total. The summed E-state index contributed by atoms with van der Waals surface area (Å²) in [5, 5.41) is 17.8. The molecule has 1 aliphatic heterocycles. The number of nitrogens with one attached hydrogen (secondary N) is 1. The molecule has 0 saturated heterocycles. The first kappa shape index (κ1) is 20.8. The van der Waals surface area contributed by atoms with Gasteiger partial charge in [-0.1, -0.05) is 37.3 Å². The Morgan fingerprint density at radius 1 is 1.09 bits per heavy atom. The first-order chi connectivity index (χ1) is 16.2. The van der Waals surface area contributed by atoms with Crippen LogP contribution in [0.25, 0.3) is 11.3 Å². The molecule has 166 valence electrons. The van der Waals surface area contributed by atoms with Crippen LogP contribution >= 0.6 is 0 Å². The van der Waals surface area contributed by atoms with E-state index in [1.807, 2.05) is 47.4 Å². The molecule has 0 spiro atoms. The van der Waals surface area contributed by atoms with Crippen molar-refractivity contribution in [1.29, 1.82) is 0 Å². The third-order valence-electron chi connectivity index (χ3n) is 5.77. The van der Waals surface area contributed by atoms with Crippen molar-refractivity contribution in [3.05, 3.63) is 95.4 Å². The highest BCUT2D eigenvalue weighted by Gasteiger charge is 2.42. The topological polar surface area (TPSA) is 91.3 Å². The van der Waals surface area contributed by atoms with E-state index in [1.54, 1.807) is 30.6 Å². The van der Waals surface area contributed by atoms with Crippen LogP contribution in [0.3, 0.4) is 0 Å². The van der Waals surface area contributed by atoms with Gasteiger partial charge in [-0.2, -0.15) is 5.10 Å². The highest BCUT2D eigenvalue weighted by atomic mass is 16.5. The molecule has 0 unspecified atom stereocenters. The molecule has 2 aromatic heterocycles. The number of fused-ring (bicyclic) bond motifs is 1. The average molecular weight is 441 g/mol. The number of phenolic OH excluding ortho intramolecular Hbond substituents is 1. The Kier molecular flexibility index (Phi) is 5.52. The number of aromatic amines is 1. The fourth-order valence-corrected chi connectivity index (χ4v) is 4.24. The van der Waals surface area contributed by atoms with Crippen LogP contribution in [0.1, 0.15) is 46.6 Å². The second kappa shape index (κ2) is 8.78. The van der Waals surface area contributed by atoms with E-state index in [2.05, 4.69) is 22.1 Å². The average Bonchev–Trinajstić information content (AvgIpc) is 3.38. The molecular weight excluding hydrogens is 416 g/mol. The summed E-state index contributed by atoms with van der Waals surface area (Å²) in [6.45, 7) is 3.11. The smallest absolute Gasteiger partial charge is 0.273 e. The van der Waals surface area contributed by atoms with Gasteiger partial charge in [0.25, 0.3) is 5.91 Å². The summed E-state index contributed by atoms with van der Waals surface area (Å²) in [5.41, 5.74) is 4.22. The molecule has 2 N–H and O–H groups in total. The molecule has 0 bridgehead atoms. The van der Waals surface area contributed by atoms with Crippen LogP contribution in [0.5, 0.6) is 11.5 Å². The van der Waals surface area contributed by atoms with Crippen LogP contribution in [-0.2, 0) is 6.54 Å². The Morgan fingerprint density at radius 3 is 2.64 bits per heavy atom. The third-order valence-corrected chi connectivity index (χ3v) is 5.77. The van der Waals surface area contributed by atoms with E-state index in [9.17, 15) is 9.90 Å². The number of amides is 1. The summed E-state index contributed by atoms with van der Waals surface area (Å²) in [6, 6.07) is 18.3. The van der Waals surface area contributed by atoms with Gasteiger partial charge in [0.2, 0.25) is 0 Å². The standard InChI is InChI=1S/C26H24N4O3/c1-2-14-33-19-11-9-18(10-12-19)25-22-23(20-7-3-4-8-21(20)31)28-29-24(22)26(32)30(25)16-17-6-5-13-27-15-17/h3-13,15,25,31H,2,14,16H2,1H3,(H,28,29)/t25-/m0/s1. The van der Waals surface area contributed by atoms with E-state index in [-0.39, 0.29) is 17.7 Å². The Bertz CT molecular complexity index is 1270. The predicted octanol–water partition coefficient (Wildman–Crippen LogP) is 4.71. The molecule has 3 heterocycles. The number of para-hydroxylation sites is 1. The number of aromatic hydroxyl groups is 1.